The van der Waals surface area contributed by atoms with E-state index < -0.39 is 84.3 Å². The highest BCUT2D eigenvalue weighted by Gasteiger charge is 2.40. The minimum atomic E-state index is -1.29. The second kappa shape index (κ2) is 25.8. The van der Waals surface area contributed by atoms with Crippen molar-refractivity contribution in [3.8, 4) is 43.4 Å². The van der Waals surface area contributed by atoms with E-state index in [1.54, 1.807) is 64.0 Å². The van der Waals surface area contributed by atoms with Gasteiger partial charge in [-0.2, -0.15) is 0 Å². The quantitative estimate of drug-likeness (QED) is 0.0755. The van der Waals surface area contributed by atoms with Crippen LogP contribution in [0.3, 0.4) is 0 Å². The van der Waals surface area contributed by atoms with Crippen LogP contribution in [0.2, 0.25) is 0 Å². The van der Waals surface area contributed by atoms with Crippen molar-refractivity contribution in [1.82, 2.24) is 66.4 Å². The lowest BCUT2D eigenvalue weighted by atomic mass is 10.0. The molecule has 3 aliphatic heterocycles. The lowest BCUT2D eigenvalue weighted by molar-refractivity contribution is -0.148. The van der Waals surface area contributed by atoms with Crippen LogP contribution in [-0.2, 0) is 35.3 Å². The van der Waals surface area contributed by atoms with Gasteiger partial charge in [-0.25, -0.2) is 44.7 Å². The van der Waals surface area contributed by atoms with Gasteiger partial charge in [0.15, 0.2) is 6.04 Å². The third-order valence-electron chi connectivity index (χ3n) is 13.9. The molecule has 86 heavy (non-hydrogen) atoms. The van der Waals surface area contributed by atoms with Gasteiger partial charge in [0, 0.05) is 53.2 Å². The Hall–Kier alpha value is -8.17. The van der Waals surface area contributed by atoms with Crippen molar-refractivity contribution in [3.63, 3.8) is 0 Å². The number of methoxy groups -OCH3 is 1. The molecular formula is C55H52N14O11S6. The monoisotopic (exact) mass is 1280 g/mol. The average Bonchev–Trinajstić information content (AvgIpc) is 4.06. The fourth-order valence-corrected chi connectivity index (χ4v) is 15.0. The molecule has 1 saturated heterocycles. The van der Waals surface area contributed by atoms with Crippen molar-refractivity contribution >= 4 is 115 Å². The number of carboxylic acid groups (broad SMARTS) is 1. The molecule has 0 unspecified atom stereocenters. The van der Waals surface area contributed by atoms with E-state index in [4.69, 9.17) is 34.4 Å². The van der Waals surface area contributed by atoms with Crippen LogP contribution in [0, 0.1) is 5.92 Å². The van der Waals surface area contributed by atoms with Gasteiger partial charge in [-0.15, -0.1) is 68.0 Å². The number of ether oxygens (including phenoxy) is 2. The van der Waals surface area contributed by atoms with E-state index in [-0.39, 0.29) is 53.5 Å². The third kappa shape index (κ3) is 12.7. The molecule has 3 aliphatic rings. The predicted molar refractivity (Wildman–Crippen MR) is 321 cm³/mol. The van der Waals surface area contributed by atoms with Gasteiger partial charge in [0.2, 0.25) is 17.7 Å². The summed E-state index contributed by atoms with van der Waals surface area (Å²) in [5.41, 5.74) is 2.92. The molecule has 6 atom stereocenters. The molecule has 6 amide bonds. The smallest absolute Gasteiger partial charge is 0.326 e. The summed E-state index contributed by atoms with van der Waals surface area (Å²) in [4.78, 5) is 135. The minimum absolute atomic E-state index is 0.00264. The number of thiazole rings is 6. The van der Waals surface area contributed by atoms with Crippen LogP contribution in [0.1, 0.15) is 120 Å². The fourth-order valence-electron chi connectivity index (χ4n) is 9.58. The lowest BCUT2D eigenvalue weighted by Crippen LogP contribution is -2.45. The van der Waals surface area contributed by atoms with E-state index in [9.17, 15) is 43.8 Å². The van der Waals surface area contributed by atoms with Crippen LogP contribution in [0.15, 0.2) is 74.4 Å². The number of amides is 6. The molecule has 7 N–H and O–H groups in total. The number of carbonyl (C=O) groups is 7. The number of nitrogens with zero attached hydrogens (tertiary/aromatic N) is 9. The SMILES string of the molecule is CNC(=O)C[C@H]1NC(=O)c2csc(n2)-c2ccc(-c3nc(C4=N[C@H](C(=O)N5CCC[C@H]5C(=O)O)CO4)cs3)nc2-c2csc(n2)-c2csc(n2)[C@H]([C@@H](O)c2ccccc2)NC(=O)CNC(=O)c2nc(sc2COC)[C@H](C(C)C)NC(=O)c2csc1n2. The highest BCUT2D eigenvalue weighted by molar-refractivity contribution is 7.15. The first kappa shape index (κ1) is 59.6. The summed E-state index contributed by atoms with van der Waals surface area (Å²) in [6.07, 6.45) is -0.585. The molecule has 31 heteroatoms. The summed E-state index contributed by atoms with van der Waals surface area (Å²) in [6.45, 7) is 3.46. The standard InChI is InChI=1S/C55H52N14O11S6/c1-24(2)39-53-68-41(36(86-53)18-79-4)46(75)57-16-38(71)66-42(43(72)25-9-6-5-7-10-25)52-65-34(23-85-52)51-61-30(19-82-51)40-26(48-62-31(20-81-48)44(73)59-28(15-37(70)56-3)50-63-32(21-83-50)45(74)67-39)12-13-27(58-40)49-64-33(22-84-49)47-60-29(17-80-47)54(76)69-14-8-11-35(69)55(77)78/h5-7,9-10,12-13,19-24,28-29,35,39,42-43,72H,8,11,14-18H2,1-4H3,(H,56,70)(H,57,75)(H,59,73)(H,66,71)(H,67,74)(H,77,78)/t28-,29+,35+,39+,42+,43+/m1/s1. The Kier molecular flexibility index (Phi) is 17.9. The number of fused-ring (bicyclic) bond motifs is 14. The highest BCUT2D eigenvalue weighted by atomic mass is 32.1. The van der Waals surface area contributed by atoms with Gasteiger partial charge in [-0.05, 0) is 36.5 Å². The number of hydrogen-bond acceptors (Lipinski definition) is 24. The topological polar surface area (TPSA) is 344 Å². The maximum Gasteiger partial charge on any atom is 0.326 e. The summed E-state index contributed by atoms with van der Waals surface area (Å²) in [5.74, 6) is -4.56. The second-order valence-electron chi connectivity index (χ2n) is 20.1. The van der Waals surface area contributed by atoms with Crippen molar-refractivity contribution in [2.24, 2.45) is 10.9 Å². The van der Waals surface area contributed by atoms with Crippen molar-refractivity contribution in [2.45, 2.75) is 76.0 Å². The molecule has 25 nitrogen and oxygen atoms in total. The zero-order valence-electron chi connectivity index (χ0n) is 46.0. The molecule has 11 rings (SSSR count). The summed E-state index contributed by atoms with van der Waals surface area (Å²) >= 11 is 7.08. The van der Waals surface area contributed by atoms with Crippen LogP contribution in [0.4, 0.5) is 0 Å². The number of aliphatic carboxylic acids is 1. The number of aliphatic hydroxyl groups excluding tert-OH is 1. The second-order valence-corrected chi connectivity index (χ2v) is 25.5. The van der Waals surface area contributed by atoms with Crippen molar-refractivity contribution in [1.29, 1.82) is 0 Å². The summed E-state index contributed by atoms with van der Waals surface area (Å²) in [5, 5.41) is 46.2. The van der Waals surface area contributed by atoms with Gasteiger partial charge in [0.25, 0.3) is 23.6 Å². The number of likely N-dealkylation sites (tertiary alicyclic amines) is 1. The van der Waals surface area contributed by atoms with Crippen LogP contribution in [0.5, 0.6) is 0 Å². The molecular weight excluding hydrogens is 1230 g/mol. The first-order chi connectivity index (χ1) is 41.5. The molecule has 0 spiro atoms. The Labute approximate surface area is 513 Å². The van der Waals surface area contributed by atoms with Crippen molar-refractivity contribution in [3.05, 3.63) is 118 Å². The number of hydrogen-bond donors (Lipinski definition) is 7. The Morgan fingerprint density at radius 1 is 0.733 bits per heavy atom. The zero-order chi connectivity index (χ0) is 60.3. The van der Waals surface area contributed by atoms with E-state index in [0.717, 1.165) is 34.0 Å². The van der Waals surface area contributed by atoms with E-state index >= 15 is 0 Å². The van der Waals surface area contributed by atoms with Crippen molar-refractivity contribution < 1.29 is 53.2 Å². The first-order valence-electron chi connectivity index (χ1n) is 26.7. The van der Waals surface area contributed by atoms with Gasteiger partial charge in [-0.3, -0.25) is 28.8 Å². The number of nitrogens with one attached hydrogen (secondary N) is 5. The van der Waals surface area contributed by atoms with E-state index in [0.29, 0.717) is 88.9 Å². The fraction of sp³-hybridized carbons (Fsp3) is 0.327. The third-order valence-corrected chi connectivity index (χ3v) is 19.6. The van der Waals surface area contributed by atoms with Crippen LogP contribution < -0.4 is 26.6 Å². The molecule has 444 valence electrons. The van der Waals surface area contributed by atoms with Gasteiger partial charge in [0.05, 0.1) is 42.2 Å². The number of rotatable bonds is 11. The maximum absolute atomic E-state index is 14.3. The molecule has 8 aromatic rings. The first-order valence-corrected chi connectivity index (χ1v) is 31.9. The molecule has 1 fully saturated rings. The van der Waals surface area contributed by atoms with E-state index in [1.807, 2.05) is 13.8 Å². The van der Waals surface area contributed by atoms with Crippen LogP contribution in [-0.4, -0.2) is 143 Å². The number of aliphatic hydroxyl groups is 1. The largest absolute Gasteiger partial charge is 0.480 e. The molecule has 0 radical (unpaired) electrons. The maximum atomic E-state index is 14.3. The molecule has 1 aromatic carbocycles. The van der Waals surface area contributed by atoms with Gasteiger partial charge < -0.3 is 51.2 Å². The Balaban J connectivity index is 0.962. The molecule has 10 bridgehead atoms. The van der Waals surface area contributed by atoms with Gasteiger partial charge >= 0.3 is 5.97 Å². The molecule has 7 aromatic heterocycles. The molecule has 0 aliphatic carbocycles. The van der Waals surface area contributed by atoms with Crippen LogP contribution in [0.25, 0.3) is 43.4 Å². The van der Waals surface area contributed by atoms with Crippen LogP contribution >= 0.6 is 68.0 Å². The number of carboxylic acids is 1. The number of aromatic nitrogens is 7. The number of carbonyl (C=O) groups excluding carboxylic acids is 6. The normalized spacial score (nSPS) is 19.6. The summed E-state index contributed by atoms with van der Waals surface area (Å²) in [7, 11) is 2.93. The average molecular weight is 1280 g/mol. The van der Waals surface area contributed by atoms with E-state index in [1.165, 1.54) is 58.4 Å². The van der Waals surface area contributed by atoms with Gasteiger partial charge in [-0.1, -0.05) is 44.2 Å². The zero-order valence-corrected chi connectivity index (χ0v) is 50.9. The Bertz CT molecular complexity index is 3930. The Morgan fingerprint density at radius 3 is 2.17 bits per heavy atom. The minimum Gasteiger partial charge on any atom is -0.480 e. The van der Waals surface area contributed by atoms with E-state index in [2.05, 4.69) is 41.5 Å². The number of aliphatic imine (C=N–C) groups is 1. The summed E-state index contributed by atoms with van der Waals surface area (Å²) < 4.78 is 11.3. The van der Waals surface area contributed by atoms with Gasteiger partial charge in [0.1, 0.15) is 94.7 Å². The lowest BCUT2D eigenvalue weighted by Gasteiger charge is -2.23. The van der Waals surface area contributed by atoms with Crippen molar-refractivity contribution in [2.75, 3.05) is 33.9 Å². The highest BCUT2D eigenvalue weighted by Crippen LogP contribution is 2.40. The number of pyridine rings is 1. The molecule has 10 heterocycles. The predicted octanol–water partition coefficient (Wildman–Crippen LogP) is 6.22. The Morgan fingerprint density at radius 2 is 1.41 bits per heavy atom. The molecule has 0 saturated carbocycles. The number of benzene rings is 1. The summed E-state index contributed by atoms with van der Waals surface area (Å²) in [6, 6.07) is 7.59.